The fraction of sp³-hybridized carbons (Fsp3) is 0.289. The third-order valence-electron chi connectivity index (χ3n) is 6.51. The van der Waals surface area contributed by atoms with Gasteiger partial charge in [0.25, 0.3) is 0 Å². The average molecular weight is 647 g/mol. The number of carbonyl (C=O) groups excluding carboxylic acids is 2. The molecule has 0 saturated carbocycles. The molecule has 47 heavy (non-hydrogen) atoms. The summed E-state index contributed by atoms with van der Waals surface area (Å²) in [6, 6.07) is 6.66. The highest BCUT2D eigenvalue weighted by Gasteiger charge is 2.17. The summed E-state index contributed by atoms with van der Waals surface area (Å²) in [7, 11) is 0. The number of carboxylic acid groups (broad SMARTS) is 1. The van der Waals surface area contributed by atoms with E-state index in [1.54, 1.807) is 0 Å². The number of hydrogen-bond donors (Lipinski definition) is 3. The van der Waals surface area contributed by atoms with Gasteiger partial charge in [-0.1, -0.05) is 85.9 Å². The second kappa shape index (κ2) is 23.3. The number of ether oxygens (including phenoxy) is 1. The van der Waals surface area contributed by atoms with Crippen molar-refractivity contribution < 1.29 is 33.0 Å². The van der Waals surface area contributed by atoms with Gasteiger partial charge in [0.2, 0.25) is 5.91 Å². The summed E-state index contributed by atoms with van der Waals surface area (Å²) in [5.41, 5.74) is -0.190. The Balaban J connectivity index is 1.57. The van der Waals surface area contributed by atoms with Crippen LogP contribution in [0, 0.1) is 11.6 Å². The smallest absolute Gasteiger partial charge is 0.412 e. The summed E-state index contributed by atoms with van der Waals surface area (Å²) in [6.07, 6.45) is 31.1. The fourth-order valence-electron chi connectivity index (χ4n) is 4.12. The Morgan fingerprint density at radius 3 is 1.83 bits per heavy atom. The van der Waals surface area contributed by atoms with Gasteiger partial charge in [-0.15, -0.1) is 0 Å². The van der Waals surface area contributed by atoms with Crippen LogP contribution < -0.4 is 15.4 Å². The molecular formula is C38H44F2N2O5. The van der Waals surface area contributed by atoms with E-state index in [2.05, 4.69) is 78.3 Å². The zero-order valence-electron chi connectivity index (χ0n) is 26.8. The number of benzene rings is 2. The maximum absolute atomic E-state index is 14.1. The fourth-order valence-corrected chi connectivity index (χ4v) is 4.12. The summed E-state index contributed by atoms with van der Waals surface area (Å²) in [4.78, 5) is 35.9. The third-order valence-corrected chi connectivity index (χ3v) is 6.51. The molecule has 0 fully saturated rings. The minimum Gasteiger partial charge on any atom is -0.478 e. The minimum atomic E-state index is -1.39. The lowest BCUT2D eigenvalue weighted by atomic mass is 10.0. The van der Waals surface area contributed by atoms with Crippen LogP contribution >= 0.6 is 0 Å². The standard InChI is InChI=1S/C38H44F2N2O5/c1-2-3-4-5-6-7-8-9-10-11-12-13-14-15-16-17-18-19-20-21-36(43)41-26-27-42-38(46)47-35-25-22-30(28-33(35)37(44)45)32-24-23-31(39)29-34(32)40/h3-4,6-7,9-10,12-13,15-16,18-19,22-25,28-29H,2,5,8,11,14,17,20-21,26-27H2,1H3,(H,41,43)(H,42,46)(H,44,45)/b4-3-,7-6-,10-9-,13-12-,16-15-,19-18-. The van der Waals surface area contributed by atoms with Gasteiger partial charge < -0.3 is 20.5 Å². The van der Waals surface area contributed by atoms with Crippen LogP contribution in [0.4, 0.5) is 13.6 Å². The van der Waals surface area contributed by atoms with Crippen LogP contribution in [0.5, 0.6) is 5.75 Å². The summed E-state index contributed by atoms with van der Waals surface area (Å²) in [5, 5.41) is 14.7. The number of amides is 2. The van der Waals surface area contributed by atoms with Crippen molar-refractivity contribution in [2.24, 2.45) is 0 Å². The van der Waals surface area contributed by atoms with Crippen molar-refractivity contribution in [3.8, 4) is 16.9 Å². The third kappa shape index (κ3) is 16.7. The van der Waals surface area contributed by atoms with E-state index in [0.29, 0.717) is 18.9 Å². The van der Waals surface area contributed by atoms with Crippen molar-refractivity contribution in [1.29, 1.82) is 0 Å². The lowest BCUT2D eigenvalue weighted by molar-refractivity contribution is -0.120. The summed E-state index contributed by atoms with van der Waals surface area (Å²) in [6.45, 7) is 2.35. The van der Waals surface area contributed by atoms with Gasteiger partial charge in [0.05, 0.1) is 0 Å². The number of halogens is 2. The van der Waals surface area contributed by atoms with Crippen LogP contribution in [0.1, 0.15) is 68.6 Å². The largest absolute Gasteiger partial charge is 0.478 e. The van der Waals surface area contributed by atoms with Crippen molar-refractivity contribution in [1.82, 2.24) is 10.6 Å². The molecule has 0 aliphatic carbocycles. The van der Waals surface area contributed by atoms with Crippen LogP contribution in [-0.4, -0.2) is 36.2 Å². The zero-order chi connectivity index (χ0) is 34.1. The molecule has 0 aliphatic rings. The maximum atomic E-state index is 14.1. The van der Waals surface area contributed by atoms with Crippen LogP contribution in [0.2, 0.25) is 0 Å². The minimum absolute atomic E-state index is 0.00135. The number of hydrogen-bond acceptors (Lipinski definition) is 4. The van der Waals surface area contributed by atoms with E-state index >= 15 is 0 Å². The van der Waals surface area contributed by atoms with Crippen molar-refractivity contribution >= 4 is 18.0 Å². The van der Waals surface area contributed by atoms with E-state index < -0.39 is 23.7 Å². The molecule has 0 atom stereocenters. The van der Waals surface area contributed by atoms with E-state index in [4.69, 9.17) is 4.74 Å². The monoisotopic (exact) mass is 646 g/mol. The number of carbonyl (C=O) groups is 3. The molecule has 0 saturated heterocycles. The molecular weight excluding hydrogens is 602 g/mol. The Labute approximate surface area is 276 Å². The molecule has 9 heteroatoms. The van der Waals surface area contributed by atoms with E-state index in [-0.39, 0.29) is 41.4 Å². The van der Waals surface area contributed by atoms with Crippen LogP contribution in [0.25, 0.3) is 11.1 Å². The Hall–Kier alpha value is -5.05. The molecule has 0 radical (unpaired) electrons. The normalized spacial score (nSPS) is 12.0. The van der Waals surface area contributed by atoms with E-state index in [0.717, 1.165) is 50.7 Å². The highest BCUT2D eigenvalue weighted by atomic mass is 19.1. The molecule has 0 heterocycles. The average Bonchev–Trinajstić information content (AvgIpc) is 3.04. The van der Waals surface area contributed by atoms with Gasteiger partial charge in [0, 0.05) is 31.1 Å². The molecule has 2 aromatic carbocycles. The summed E-state index contributed by atoms with van der Waals surface area (Å²) >= 11 is 0. The van der Waals surface area contributed by atoms with Crippen molar-refractivity contribution in [3.05, 3.63) is 127 Å². The summed E-state index contributed by atoms with van der Waals surface area (Å²) in [5.74, 6) is -3.43. The first-order valence-corrected chi connectivity index (χ1v) is 15.8. The van der Waals surface area contributed by atoms with Gasteiger partial charge in [-0.3, -0.25) is 4.79 Å². The Morgan fingerprint density at radius 2 is 1.28 bits per heavy atom. The lowest BCUT2D eigenvalue weighted by Gasteiger charge is -2.11. The highest BCUT2D eigenvalue weighted by molar-refractivity contribution is 5.93. The highest BCUT2D eigenvalue weighted by Crippen LogP contribution is 2.29. The number of nitrogens with one attached hydrogen (secondary N) is 2. The SMILES string of the molecule is CC/C=C\C/C=C\C/C=C\C/C=C\C/C=C\C/C=C\CCC(=O)NCCNC(=O)Oc1ccc(-c2ccc(F)cc2F)cc1C(=O)O. The van der Waals surface area contributed by atoms with Gasteiger partial charge >= 0.3 is 12.1 Å². The van der Waals surface area contributed by atoms with Gasteiger partial charge in [0.15, 0.2) is 0 Å². The molecule has 0 spiro atoms. The number of aromatic carboxylic acids is 1. The molecule has 3 N–H and O–H groups in total. The van der Waals surface area contributed by atoms with E-state index in [9.17, 15) is 28.3 Å². The molecule has 250 valence electrons. The molecule has 2 aromatic rings. The predicted octanol–water partition coefficient (Wildman–Crippen LogP) is 9.01. The lowest BCUT2D eigenvalue weighted by Crippen LogP contribution is -2.36. The van der Waals surface area contributed by atoms with Gasteiger partial charge in [0.1, 0.15) is 22.9 Å². The zero-order valence-corrected chi connectivity index (χ0v) is 26.8. The first kappa shape index (κ1) is 38.1. The number of rotatable bonds is 20. The Morgan fingerprint density at radius 1 is 0.723 bits per heavy atom. The van der Waals surface area contributed by atoms with Gasteiger partial charge in [-0.25, -0.2) is 18.4 Å². The molecule has 7 nitrogen and oxygen atoms in total. The van der Waals surface area contributed by atoms with Gasteiger partial charge in [-0.2, -0.15) is 0 Å². The second-order valence-corrected chi connectivity index (χ2v) is 10.3. The topological polar surface area (TPSA) is 105 Å². The molecule has 0 unspecified atom stereocenters. The molecule has 2 amide bonds. The molecule has 0 aromatic heterocycles. The van der Waals surface area contributed by atoms with E-state index in [1.165, 1.54) is 18.2 Å². The van der Waals surface area contributed by atoms with Crippen molar-refractivity contribution in [3.63, 3.8) is 0 Å². The van der Waals surface area contributed by atoms with Gasteiger partial charge in [-0.05, 0) is 74.8 Å². The number of carboxylic acids is 1. The Bertz CT molecular complexity index is 1470. The first-order chi connectivity index (χ1) is 22.8. The quantitative estimate of drug-likeness (QED) is 0.0984. The van der Waals surface area contributed by atoms with Crippen LogP contribution in [-0.2, 0) is 4.79 Å². The summed E-state index contributed by atoms with van der Waals surface area (Å²) < 4.78 is 32.4. The number of allylic oxidation sites excluding steroid dienone is 12. The van der Waals surface area contributed by atoms with Crippen molar-refractivity contribution in [2.75, 3.05) is 13.1 Å². The Kier molecular flexibility index (Phi) is 18.9. The van der Waals surface area contributed by atoms with Crippen LogP contribution in [0.3, 0.4) is 0 Å². The molecule has 0 bridgehead atoms. The van der Waals surface area contributed by atoms with E-state index in [1.807, 2.05) is 12.2 Å². The van der Waals surface area contributed by atoms with Crippen molar-refractivity contribution in [2.45, 2.75) is 58.3 Å². The predicted molar refractivity (Wildman–Crippen MR) is 183 cm³/mol. The second-order valence-electron chi connectivity index (χ2n) is 10.3. The molecule has 2 rings (SSSR count). The van der Waals surface area contributed by atoms with Crippen LogP contribution in [0.15, 0.2) is 109 Å². The first-order valence-electron chi connectivity index (χ1n) is 15.8. The molecule has 0 aliphatic heterocycles. The maximum Gasteiger partial charge on any atom is 0.412 e.